The standard InChI is InChI=1S/C19H16ClN3O/c1-13-5-10-17(16(12-13)14-6-8-15(20)9-7-14)22-19(24)23-18-4-2-3-11-21-18/h2-12H,1H3,(H2,21,22,23,24). The van der Waals surface area contributed by atoms with Crippen LogP contribution in [-0.4, -0.2) is 11.0 Å². The van der Waals surface area contributed by atoms with Crippen LogP contribution in [0.2, 0.25) is 5.02 Å². The maximum absolute atomic E-state index is 12.2. The zero-order valence-electron chi connectivity index (χ0n) is 13.1. The highest BCUT2D eigenvalue weighted by Gasteiger charge is 2.09. The van der Waals surface area contributed by atoms with Crippen molar-refractivity contribution in [3.05, 3.63) is 77.4 Å². The number of hydrogen-bond donors (Lipinski definition) is 2. The second-order valence-corrected chi connectivity index (χ2v) is 5.79. The van der Waals surface area contributed by atoms with Crippen LogP contribution in [0.15, 0.2) is 66.9 Å². The van der Waals surface area contributed by atoms with Crippen molar-refractivity contribution in [1.29, 1.82) is 0 Å². The van der Waals surface area contributed by atoms with Gasteiger partial charge in [-0.25, -0.2) is 9.78 Å². The summed E-state index contributed by atoms with van der Waals surface area (Å²) >= 11 is 5.96. The molecule has 3 rings (SSSR count). The number of nitrogens with zero attached hydrogens (tertiary/aromatic N) is 1. The number of hydrogen-bond acceptors (Lipinski definition) is 2. The summed E-state index contributed by atoms with van der Waals surface area (Å²) in [4.78, 5) is 16.3. The van der Waals surface area contributed by atoms with Gasteiger partial charge in [-0.3, -0.25) is 5.32 Å². The molecule has 0 radical (unpaired) electrons. The first-order valence-electron chi connectivity index (χ1n) is 7.47. The molecule has 0 aliphatic carbocycles. The van der Waals surface area contributed by atoms with Gasteiger partial charge in [0.2, 0.25) is 0 Å². The van der Waals surface area contributed by atoms with Crippen LogP contribution in [0.1, 0.15) is 5.56 Å². The molecule has 0 fully saturated rings. The number of urea groups is 1. The van der Waals surface area contributed by atoms with Crippen LogP contribution in [-0.2, 0) is 0 Å². The summed E-state index contributed by atoms with van der Waals surface area (Å²) in [5, 5.41) is 6.26. The molecule has 24 heavy (non-hydrogen) atoms. The number of amides is 2. The molecule has 3 aromatic rings. The van der Waals surface area contributed by atoms with Crippen molar-refractivity contribution in [2.24, 2.45) is 0 Å². The van der Waals surface area contributed by atoms with E-state index in [2.05, 4.69) is 15.6 Å². The predicted octanol–water partition coefficient (Wildman–Crippen LogP) is 5.35. The van der Waals surface area contributed by atoms with E-state index >= 15 is 0 Å². The Labute approximate surface area is 145 Å². The van der Waals surface area contributed by atoms with Crippen molar-refractivity contribution in [2.75, 3.05) is 10.6 Å². The van der Waals surface area contributed by atoms with Crippen LogP contribution in [0.5, 0.6) is 0 Å². The van der Waals surface area contributed by atoms with E-state index in [9.17, 15) is 4.79 Å². The highest BCUT2D eigenvalue weighted by molar-refractivity contribution is 6.30. The second-order valence-electron chi connectivity index (χ2n) is 5.35. The summed E-state index contributed by atoms with van der Waals surface area (Å²) in [6.45, 7) is 2.01. The lowest BCUT2D eigenvalue weighted by molar-refractivity contribution is 0.262. The predicted molar refractivity (Wildman–Crippen MR) is 98.5 cm³/mol. The summed E-state index contributed by atoms with van der Waals surface area (Å²) in [6.07, 6.45) is 1.63. The maximum atomic E-state index is 12.2. The number of anilines is 2. The van der Waals surface area contributed by atoms with E-state index in [1.807, 2.05) is 55.5 Å². The fourth-order valence-corrected chi connectivity index (χ4v) is 2.47. The smallest absolute Gasteiger partial charge is 0.307 e. The Morgan fingerprint density at radius 1 is 1.00 bits per heavy atom. The summed E-state index contributed by atoms with van der Waals surface area (Å²) in [6, 6.07) is 18.4. The summed E-state index contributed by atoms with van der Waals surface area (Å²) in [7, 11) is 0. The molecule has 2 N–H and O–H groups in total. The van der Waals surface area contributed by atoms with E-state index in [4.69, 9.17) is 11.6 Å². The van der Waals surface area contributed by atoms with E-state index in [0.29, 0.717) is 10.8 Å². The first-order valence-corrected chi connectivity index (χ1v) is 7.85. The number of benzene rings is 2. The van der Waals surface area contributed by atoms with Gasteiger partial charge < -0.3 is 5.32 Å². The average molecular weight is 338 g/mol. The van der Waals surface area contributed by atoms with Gasteiger partial charge in [0.05, 0.1) is 5.69 Å². The molecule has 1 heterocycles. The van der Waals surface area contributed by atoms with Crippen molar-refractivity contribution in [1.82, 2.24) is 4.98 Å². The normalized spacial score (nSPS) is 10.2. The molecule has 0 atom stereocenters. The summed E-state index contributed by atoms with van der Waals surface area (Å²) in [5.41, 5.74) is 3.74. The number of carbonyl (C=O) groups is 1. The number of aromatic nitrogens is 1. The molecular weight excluding hydrogens is 322 g/mol. The lowest BCUT2D eigenvalue weighted by Crippen LogP contribution is -2.20. The van der Waals surface area contributed by atoms with Gasteiger partial charge in [0.1, 0.15) is 5.82 Å². The third-order valence-corrected chi connectivity index (χ3v) is 3.74. The van der Waals surface area contributed by atoms with Gasteiger partial charge in [0, 0.05) is 16.8 Å². The minimum atomic E-state index is -0.340. The van der Waals surface area contributed by atoms with E-state index in [-0.39, 0.29) is 6.03 Å². The van der Waals surface area contributed by atoms with E-state index in [0.717, 1.165) is 22.4 Å². The van der Waals surface area contributed by atoms with Crippen molar-refractivity contribution < 1.29 is 4.79 Å². The minimum Gasteiger partial charge on any atom is -0.307 e. The Morgan fingerprint density at radius 3 is 2.50 bits per heavy atom. The van der Waals surface area contributed by atoms with Gasteiger partial charge in [-0.1, -0.05) is 41.4 Å². The largest absolute Gasteiger partial charge is 0.324 e. The fourth-order valence-electron chi connectivity index (χ4n) is 2.34. The molecule has 0 spiro atoms. The molecule has 0 aliphatic heterocycles. The van der Waals surface area contributed by atoms with Gasteiger partial charge in [-0.05, 0) is 48.9 Å². The van der Waals surface area contributed by atoms with Crippen LogP contribution in [0.4, 0.5) is 16.3 Å². The summed E-state index contributed by atoms with van der Waals surface area (Å²) < 4.78 is 0. The molecule has 5 heteroatoms. The third-order valence-electron chi connectivity index (χ3n) is 3.48. The minimum absolute atomic E-state index is 0.340. The SMILES string of the molecule is Cc1ccc(NC(=O)Nc2ccccn2)c(-c2ccc(Cl)cc2)c1. The van der Waals surface area contributed by atoms with Crippen molar-refractivity contribution in [2.45, 2.75) is 6.92 Å². The zero-order chi connectivity index (χ0) is 16.9. The van der Waals surface area contributed by atoms with E-state index in [1.54, 1.807) is 18.3 Å². The van der Waals surface area contributed by atoms with Gasteiger partial charge >= 0.3 is 6.03 Å². The molecular formula is C19H16ClN3O. The van der Waals surface area contributed by atoms with Crippen LogP contribution in [0.3, 0.4) is 0 Å². The van der Waals surface area contributed by atoms with Gasteiger partial charge in [0.15, 0.2) is 0 Å². The fraction of sp³-hybridized carbons (Fsp3) is 0.0526. The first-order chi connectivity index (χ1) is 11.6. The number of pyridine rings is 1. The second kappa shape index (κ2) is 7.15. The topological polar surface area (TPSA) is 54.0 Å². The molecule has 0 saturated heterocycles. The van der Waals surface area contributed by atoms with E-state index in [1.165, 1.54) is 0 Å². The molecule has 0 aliphatic rings. The maximum Gasteiger partial charge on any atom is 0.324 e. The molecule has 0 saturated carbocycles. The average Bonchev–Trinajstić information content (AvgIpc) is 2.58. The molecule has 0 bridgehead atoms. The number of aryl methyl sites for hydroxylation is 1. The number of halogens is 1. The summed E-state index contributed by atoms with van der Waals surface area (Å²) in [5.74, 6) is 0.496. The highest BCUT2D eigenvalue weighted by atomic mass is 35.5. The highest BCUT2D eigenvalue weighted by Crippen LogP contribution is 2.30. The monoisotopic (exact) mass is 337 g/mol. The van der Waals surface area contributed by atoms with Crippen molar-refractivity contribution in [3.8, 4) is 11.1 Å². The Hall–Kier alpha value is -2.85. The number of rotatable bonds is 3. The Bertz CT molecular complexity index is 848. The molecule has 2 aromatic carbocycles. The lowest BCUT2D eigenvalue weighted by atomic mass is 10.0. The molecule has 1 aromatic heterocycles. The first kappa shape index (κ1) is 16.0. The van der Waals surface area contributed by atoms with Crippen molar-refractivity contribution in [3.63, 3.8) is 0 Å². The lowest BCUT2D eigenvalue weighted by Gasteiger charge is -2.13. The van der Waals surface area contributed by atoms with E-state index < -0.39 is 0 Å². The molecule has 2 amide bonds. The third kappa shape index (κ3) is 3.91. The Kier molecular flexibility index (Phi) is 4.77. The number of carbonyl (C=O) groups excluding carboxylic acids is 1. The zero-order valence-corrected chi connectivity index (χ0v) is 13.8. The van der Waals surface area contributed by atoms with Crippen LogP contribution < -0.4 is 10.6 Å². The van der Waals surface area contributed by atoms with Crippen molar-refractivity contribution >= 4 is 29.1 Å². The quantitative estimate of drug-likeness (QED) is 0.676. The molecule has 120 valence electrons. The van der Waals surface area contributed by atoms with Gasteiger partial charge in [-0.15, -0.1) is 0 Å². The van der Waals surface area contributed by atoms with Crippen LogP contribution in [0, 0.1) is 6.92 Å². The molecule has 4 nitrogen and oxygen atoms in total. The van der Waals surface area contributed by atoms with Crippen LogP contribution in [0.25, 0.3) is 11.1 Å². The van der Waals surface area contributed by atoms with Gasteiger partial charge in [-0.2, -0.15) is 0 Å². The Balaban J connectivity index is 1.85. The van der Waals surface area contributed by atoms with Gasteiger partial charge in [0.25, 0.3) is 0 Å². The molecule has 0 unspecified atom stereocenters. The number of nitrogens with one attached hydrogen (secondary N) is 2. The Morgan fingerprint density at radius 2 is 1.79 bits per heavy atom. The van der Waals surface area contributed by atoms with Crippen LogP contribution >= 0.6 is 11.6 Å².